The summed E-state index contributed by atoms with van der Waals surface area (Å²) >= 11 is 0. The zero-order valence-corrected chi connectivity index (χ0v) is 12.4. The van der Waals surface area contributed by atoms with Gasteiger partial charge in [-0.15, -0.1) is 0 Å². The predicted molar refractivity (Wildman–Crippen MR) is 82.4 cm³/mol. The van der Waals surface area contributed by atoms with E-state index in [0.717, 1.165) is 31.4 Å². The largest absolute Gasteiger partial charge is 0.338 e. The van der Waals surface area contributed by atoms with Crippen LogP contribution in [-0.4, -0.2) is 29.4 Å². The number of likely N-dealkylation sites (tertiary alicyclic amines) is 1. The zero-order chi connectivity index (χ0) is 14.4. The molecule has 0 radical (unpaired) electrons. The number of hydrogen-bond acceptors (Lipinski definition) is 2. The molecule has 1 saturated heterocycles. The molecule has 0 bridgehead atoms. The zero-order valence-electron chi connectivity index (χ0n) is 12.4. The molecule has 1 aromatic rings. The van der Waals surface area contributed by atoms with E-state index < -0.39 is 6.04 Å². The molecule has 1 fully saturated rings. The summed E-state index contributed by atoms with van der Waals surface area (Å²) in [5, 5.41) is 0. The van der Waals surface area contributed by atoms with Gasteiger partial charge in [0.05, 0.1) is 6.04 Å². The Morgan fingerprint density at radius 1 is 1.30 bits per heavy atom. The summed E-state index contributed by atoms with van der Waals surface area (Å²) in [6.45, 7) is 3.04. The van der Waals surface area contributed by atoms with E-state index in [1.54, 1.807) is 0 Å². The third kappa shape index (κ3) is 3.83. The van der Waals surface area contributed by atoms with E-state index in [2.05, 4.69) is 6.92 Å². The molecule has 2 rings (SSSR count). The number of rotatable bonds is 4. The van der Waals surface area contributed by atoms with E-state index in [-0.39, 0.29) is 5.91 Å². The van der Waals surface area contributed by atoms with Gasteiger partial charge in [0, 0.05) is 12.6 Å². The van der Waals surface area contributed by atoms with Crippen LogP contribution in [0, 0.1) is 0 Å². The van der Waals surface area contributed by atoms with Crippen LogP contribution in [0.3, 0.4) is 0 Å². The molecule has 0 aromatic heterocycles. The van der Waals surface area contributed by atoms with Gasteiger partial charge in [-0.05, 0) is 31.2 Å². The standard InChI is InChI=1S/C17H26N2O/c1-2-15-11-7-4-8-12-19(15)17(20)16(18)13-14-9-5-3-6-10-14/h3,5-6,9-10,15-16H,2,4,7-8,11-13,18H2,1H3/t15?,16-/m0/s1. The maximum absolute atomic E-state index is 12.6. The molecule has 110 valence electrons. The van der Waals surface area contributed by atoms with Gasteiger partial charge in [0.2, 0.25) is 5.91 Å². The Kier molecular flexibility index (Phi) is 5.60. The van der Waals surface area contributed by atoms with Crippen molar-refractivity contribution in [1.82, 2.24) is 4.90 Å². The van der Waals surface area contributed by atoms with Crippen molar-refractivity contribution in [2.75, 3.05) is 6.54 Å². The third-order valence-corrected chi connectivity index (χ3v) is 4.25. The van der Waals surface area contributed by atoms with Gasteiger partial charge in [-0.3, -0.25) is 4.79 Å². The van der Waals surface area contributed by atoms with E-state index in [0.29, 0.717) is 12.5 Å². The molecule has 0 saturated carbocycles. The van der Waals surface area contributed by atoms with Crippen molar-refractivity contribution in [3.63, 3.8) is 0 Å². The van der Waals surface area contributed by atoms with E-state index in [1.165, 1.54) is 12.8 Å². The van der Waals surface area contributed by atoms with Crippen LogP contribution in [0.2, 0.25) is 0 Å². The first kappa shape index (κ1) is 15.0. The molecule has 3 nitrogen and oxygen atoms in total. The Hall–Kier alpha value is -1.35. The van der Waals surface area contributed by atoms with Crippen LogP contribution >= 0.6 is 0 Å². The molecule has 20 heavy (non-hydrogen) atoms. The van der Waals surface area contributed by atoms with Crippen molar-refractivity contribution in [1.29, 1.82) is 0 Å². The highest BCUT2D eigenvalue weighted by Gasteiger charge is 2.27. The number of nitrogens with zero attached hydrogens (tertiary/aromatic N) is 1. The number of hydrogen-bond donors (Lipinski definition) is 1. The minimum absolute atomic E-state index is 0.127. The van der Waals surface area contributed by atoms with Crippen molar-refractivity contribution < 1.29 is 4.79 Å². The fourth-order valence-corrected chi connectivity index (χ4v) is 3.06. The van der Waals surface area contributed by atoms with Crippen molar-refractivity contribution in [3.8, 4) is 0 Å². The van der Waals surface area contributed by atoms with Gasteiger partial charge in [0.1, 0.15) is 0 Å². The highest BCUT2D eigenvalue weighted by atomic mass is 16.2. The molecule has 2 N–H and O–H groups in total. The Morgan fingerprint density at radius 2 is 2.05 bits per heavy atom. The molecule has 1 unspecified atom stereocenters. The van der Waals surface area contributed by atoms with Crippen molar-refractivity contribution >= 4 is 5.91 Å². The second-order valence-electron chi connectivity index (χ2n) is 5.74. The minimum atomic E-state index is -0.412. The van der Waals surface area contributed by atoms with E-state index in [1.807, 2.05) is 35.2 Å². The van der Waals surface area contributed by atoms with Gasteiger partial charge in [-0.25, -0.2) is 0 Å². The highest BCUT2D eigenvalue weighted by Crippen LogP contribution is 2.20. The Labute approximate surface area is 122 Å². The molecule has 1 amide bonds. The topological polar surface area (TPSA) is 46.3 Å². The van der Waals surface area contributed by atoms with Crippen molar-refractivity contribution in [3.05, 3.63) is 35.9 Å². The van der Waals surface area contributed by atoms with Crippen molar-refractivity contribution in [2.24, 2.45) is 5.73 Å². The molecule has 2 atom stereocenters. The summed E-state index contributed by atoms with van der Waals surface area (Å²) in [5.41, 5.74) is 7.29. The second-order valence-corrected chi connectivity index (χ2v) is 5.74. The number of carbonyl (C=O) groups is 1. The highest BCUT2D eigenvalue weighted by molar-refractivity contribution is 5.82. The number of nitrogens with two attached hydrogens (primary N) is 1. The van der Waals surface area contributed by atoms with E-state index in [4.69, 9.17) is 5.73 Å². The monoisotopic (exact) mass is 274 g/mol. The summed E-state index contributed by atoms with van der Waals surface area (Å²) in [7, 11) is 0. The van der Waals surface area contributed by atoms with Crippen LogP contribution in [-0.2, 0) is 11.2 Å². The fourth-order valence-electron chi connectivity index (χ4n) is 3.06. The average molecular weight is 274 g/mol. The van der Waals surface area contributed by atoms with Crippen LogP contribution in [0.4, 0.5) is 0 Å². The van der Waals surface area contributed by atoms with E-state index in [9.17, 15) is 4.79 Å². The maximum Gasteiger partial charge on any atom is 0.240 e. The molecule has 3 heteroatoms. The molecule has 1 aliphatic heterocycles. The summed E-state index contributed by atoms with van der Waals surface area (Å²) in [4.78, 5) is 14.7. The van der Waals surface area contributed by atoms with Gasteiger partial charge in [0.15, 0.2) is 0 Å². The predicted octanol–water partition coefficient (Wildman–Crippen LogP) is 2.74. The Morgan fingerprint density at radius 3 is 2.75 bits per heavy atom. The van der Waals surface area contributed by atoms with Crippen LogP contribution < -0.4 is 5.73 Å². The van der Waals surface area contributed by atoms with Crippen LogP contribution in [0.5, 0.6) is 0 Å². The van der Waals surface area contributed by atoms with Gasteiger partial charge < -0.3 is 10.6 Å². The lowest BCUT2D eigenvalue weighted by Gasteiger charge is -2.31. The van der Waals surface area contributed by atoms with Gasteiger partial charge in [0.25, 0.3) is 0 Å². The minimum Gasteiger partial charge on any atom is -0.338 e. The quantitative estimate of drug-likeness (QED) is 0.917. The molecule has 1 heterocycles. The lowest BCUT2D eigenvalue weighted by Crippen LogP contribution is -2.49. The fraction of sp³-hybridized carbons (Fsp3) is 0.588. The lowest BCUT2D eigenvalue weighted by molar-refractivity contribution is -0.134. The van der Waals surface area contributed by atoms with Gasteiger partial charge >= 0.3 is 0 Å². The number of amides is 1. The van der Waals surface area contributed by atoms with Crippen LogP contribution in [0.25, 0.3) is 0 Å². The number of carbonyl (C=O) groups excluding carboxylic acids is 1. The van der Waals surface area contributed by atoms with E-state index >= 15 is 0 Å². The summed E-state index contributed by atoms with van der Waals surface area (Å²) in [6, 6.07) is 10.0. The smallest absolute Gasteiger partial charge is 0.240 e. The normalized spacial score (nSPS) is 21.3. The van der Waals surface area contributed by atoms with Crippen LogP contribution in [0.15, 0.2) is 30.3 Å². The lowest BCUT2D eigenvalue weighted by atomic mass is 10.0. The Bertz CT molecular complexity index is 418. The molecule has 1 aliphatic rings. The third-order valence-electron chi connectivity index (χ3n) is 4.25. The first-order valence-electron chi connectivity index (χ1n) is 7.82. The SMILES string of the molecule is CCC1CCCCCN1C(=O)[C@@H](N)Cc1ccccc1. The van der Waals surface area contributed by atoms with Gasteiger partial charge in [-0.1, -0.05) is 50.1 Å². The average Bonchev–Trinajstić information content (AvgIpc) is 2.72. The molecule has 0 spiro atoms. The maximum atomic E-state index is 12.6. The summed E-state index contributed by atoms with van der Waals surface area (Å²) in [5.74, 6) is 0.127. The van der Waals surface area contributed by atoms with Crippen molar-refractivity contribution in [2.45, 2.75) is 57.5 Å². The first-order valence-corrected chi connectivity index (χ1v) is 7.82. The molecular weight excluding hydrogens is 248 g/mol. The van der Waals surface area contributed by atoms with Gasteiger partial charge in [-0.2, -0.15) is 0 Å². The first-order chi connectivity index (χ1) is 9.72. The Balaban J connectivity index is 2.00. The summed E-state index contributed by atoms with van der Waals surface area (Å²) < 4.78 is 0. The second kappa shape index (κ2) is 7.44. The number of benzene rings is 1. The molecule has 1 aromatic carbocycles. The van der Waals surface area contributed by atoms with Crippen LogP contribution in [0.1, 0.15) is 44.6 Å². The summed E-state index contributed by atoms with van der Waals surface area (Å²) in [6.07, 6.45) is 6.36. The molecular formula is C17H26N2O. The molecule has 0 aliphatic carbocycles.